The van der Waals surface area contributed by atoms with Crippen LogP contribution < -0.4 is 19.9 Å². The van der Waals surface area contributed by atoms with Gasteiger partial charge in [0.25, 0.3) is 11.8 Å². The molecule has 0 aromatic heterocycles. The van der Waals surface area contributed by atoms with Crippen LogP contribution in [0.4, 0.5) is 24.5 Å². The van der Waals surface area contributed by atoms with Gasteiger partial charge in [0.2, 0.25) is 0 Å². The van der Waals surface area contributed by atoms with E-state index in [1.54, 1.807) is 6.07 Å². The van der Waals surface area contributed by atoms with Gasteiger partial charge in [0.05, 0.1) is 18.4 Å². The molecule has 34 heavy (non-hydrogen) atoms. The van der Waals surface area contributed by atoms with Gasteiger partial charge < -0.3 is 9.64 Å². The van der Waals surface area contributed by atoms with Gasteiger partial charge in [0.15, 0.2) is 5.11 Å². The summed E-state index contributed by atoms with van der Waals surface area (Å²) >= 11 is 5.09. The summed E-state index contributed by atoms with van der Waals surface area (Å²) in [6.07, 6.45) is 0.169. The molecule has 1 N–H and O–H groups in total. The van der Waals surface area contributed by atoms with E-state index in [2.05, 4.69) is 10.2 Å². The molecular formula is C24H22F3N3O3S. The number of nitrogens with zero attached hydrogens (tertiary/aromatic N) is 2. The SMILES string of the molecule is COc1cc(N2CCCCC2)ccc1/C=C1\C(=O)NC(=S)N(c2cccc(C(F)(F)F)c2)C1=O. The normalized spacial score (nSPS) is 18.4. The molecule has 0 radical (unpaired) electrons. The third kappa shape index (κ3) is 4.77. The summed E-state index contributed by atoms with van der Waals surface area (Å²) in [7, 11) is 1.49. The van der Waals surface area contributed by atoms with Gasteiger partial charge in [-0.05, 0) is 67.9 Å². The highest BCUT2D eigenvalue weighted by Crippen LogP contribution is 2.33. The topological polar surface area (TPSA) is 61.9 Å². The van der Waals surface area contributed by atoms with E-state index in [1.807, 2.05) is 12.1 Å². The van der Waals surface area contributed by atoms with Gasteiger partial charge >= 0.3 is 6.18 Å². The number of piperidine rings is 1. The molecular weight excluding hydrogens is 467 g/mol. The zero-order chi connectivity index (χ0) is 24.5. The van der Waals surface area contributed by atoms with Crippen LogP contribution in [-0.2, 0) is 15.8 Å². The van der Waals surface area contributed by atoms with Crippen molar-refractivity contribution in [3.63, 3.8) is 0 Å². The van der Waals surface area contributed by atoms with Gasteiger partial charge in [-0.1, -0.05) is 6.07 Å². The van der Waals surface area contributed by atoms with Crippen molar-refractivity contribution < 1.29 is 27.5 Å². The molecule has 0 atom stereocenters. The Kier molecular flexibility index (Phi) is 6.60. The Morgan fingerprint density at radius 1 is 1.03 bits per heavy atom. The average molecular weight is 490 g/mol. The minimum Gasteiger partial charge on any atom is -0.496 e. The van der Waals surface area contributed by atoms with Crippen LogP contribution in [0.1, 0.15) is 30.4 Å². The highest BCUT2D eigenvalue weighted by atomic mass is 32.1. The fourth-order valence-corrected chi connectivity index (χ4v) is 4.32. The molecule has 2 fully saturated rings. The second-order valence-electron chi connectivity index (χ2n) is 7.98. The largest absolute Gasteiger partial charge is 0.496 e. The van der Waals surface area contributed by atoms with Crippen molar-refractivity contribution in [2.45, 2.75) is 25.4 Å². The zero-order valence-corrected chi connectivity index (χ0v) is 19.1. The van der Waals surface area contributed by atoms with Crippen LogP contribution in [0.25, 0.3) is 6.08 Å². The fourth-order valence-electron chi connectivity index (χ4n) is 4.04. The lowest BCUT2D eigenvalue weighted by Crippen LogP contribution is -2.54. The molecule has 2 aromatic carbocycles. The van der Waals surface area contributed by atoms with Crippen molar-refractivity contribution in [1.82, 2.24) is 5.32 Å². The van der Waals surface area contributed by atoms with E-state index in [4.69, 9.17) is 17.0 Å². The number of rotatable bonds is 4. The van der Waals surface area contributed by atoms with Crippen LogP contribution in [0.3, 0.4) is 0 Å². The molecule has 2 aliphatic heterocycles. The maximum absolute atomic E-state index is 13.2. The molecule has 0 saturated carbocycles. The minimum atomic E-state index is -4.60. The van der Waals surface area contributed by atoms with Crippen molar-refractivity contribution in [2.24, 2.45) is 0 Å². The first-order valence-electron chi connectivity index (χ1n) is 10.7. The second-order valence-corrected chi connectivity index (χ2v) is 8.37. The summed E-state index contributed by atoms with van der Waals surface area (Å²) in [5, 5.41) is 2.09. The minimum absolute atomic E-state index is 0.0943. The van der Waals surface area contributed by atoms with E-state index in [0.29, 0.717) is 11.3 Å². The maximum Gasteiger partial charge on any atom is 0.416 e. The zero-order valence-electron chi connectivity index (χ0n) is 18.3. The number of anilines is 2. The average Bonchev–Trinajstić information content (AvgIpc) is 2.82. The molecule has 10 heteroatoms. The number of halogens is 3. The van der Waals surface area contributed by atoms with E-state index in [-0.39, 0.29) is 16.4 Å². The summed E-state index contributed by atoms with van der Waals surface area (Å²) in [5.74, 6) is -1.09. The lowest BCUT2D eigenvalue weighted by atomic mass is 10.0. The highest BCUT2D eigenvalue weighted by molar-refractivity contribution is 7.80. The first kappa shape index (κ1) is 23.7. The van der Waals surface area contributed by atoms with Gasteiger partial charge in [-0.25, -0.2) is 0 Å². The molecule has 2 saturated heterocycles. The third-order valence-corrected chi connectivity index (χ3v) is 6.06. The van der Waals surface area contributed by atoms with Crippen molar-refractivity contribution in [2.75, 3.05) is 30.0 Å². The smallest absolute Gasteiger partial charge is 0.416 e. The predicted molar refractivity (Wildman–Crippen MR) is 127 cm³/mol. The number of amides is 2. The van der Waals surface area contributed by atoms with Crippen LogP contribution in [0.15, 0.2) is 48.0 Å². The third-order valence-electron chi connectivity index (χ3n) is 5.77. The molecule has 0 unspecified atom stereocenters. The van der Waals surface area contributed by atoms with Crippen LogP contribution >= 0.6 is 12.2 Å². The fraction of sp³-hybridized carbons (Fsp3) is 0.292. The Bertz CT molecular complexity index is 1170. The van der Waals surface area contributed by atoms with Crippen molar-refractivity contribution in [3.05, 3.63) is 59.2 Å². The molecule has 4 rings (SSSR count). The number of hydrogen-bond donors (Lipinski definition) is 1. The van der Waals surface area contributed by atoms with E-state index in [0.717, 1.165) is 48.7 Å². The van der Waals surface area contributed by atoms with Gasteiger partial charge in [-0.3, -0.25) is 19.8 Å². The van der Waals surface area contributed by atoms with Crippen LogP contribution in [0.2, 0.25) is 0 Å². The van der Waals surface area contributed by atoms with Crippen molar-refractivity contribution in [3.8, 4) is 5.75 Å². The monoisotopic (exact) mass is 489 g/mol. The number of ether oxygens (including phenoxy) is 1. The first-order chi connectivity index (χ1) is 16.2. The summed E-state index contributed by atoms with van der Waals surface area (Å²) in [4.78, 5) is 28.9. The van der Waals surface area contributed by atoms with Gasteiger partial charge in [0, 0.05) is 30.4 Å². The van der Waals surface area contributed by atoms with E-state index in [9.17, 15) is 22.8 Å². The van der Waals surface area contributed by atoms with Crippen molar-refractivity contribution >= 4 is 46.6 Å². The number of methoxy groups -OCH3 is 1. The van der Waals surface area contributed by atoms with E-state index >= 15 is 0 Å². The molecule has 2 aromatic rings. The Balaban J connectivity index is 1.69. The number of alkyl halides is 3. The lowest BCUT2D eigenvalue weighted by molar-refractivity contribution is -0.137. The van der Waals surface area contributed by atoms with Gasteiger partial charge in [-0.15, -0.1) is 0 Å². The second kappa shape index (κ2) is 9.46. The van der Waals surface area contributed by atoms with Crippen molar-refractivity contribution in [1.29, 1.82) is 0 Å². The number of benzene rings is 2. The van der Waals surface area contributed by atoms with Crippen LogP contribution in [0.5, 0.6) is 5.75 Å². The molecule has 0 bridgehead atoms. The number of thiocarbonyl (C=S) groups is 1. The van der Waals surface area contributed by atoms with Gasteiger partial charge in [0.1, 0.15) is 11.3 Å². The predicted octanol–water partition coefficient (Wildman–Crippen LogP) is 4.54. The lowest BCUT2D eigenvalue weighted by Gasteiger charge is -2.30. The van der Waals surface area contributed by atoms with Gasteiger partial charge in [-0.2, -0.15) is 13.2 Å². The molecule has 0 aliphatic carbocycles. The molecule has 2 heterocycles. The number of carbonyl (C=O) groups is 2. The first-order valence-corrected chi connectivity index (χ1v) is 11.1. The summed E-state index contributed by atoms with van der Waals surface area (Å²) in [6.45, 7) is 1.88. The molecule has 2 amide bonds. The highest BCUT2D eigenvalue weighted by Gasteiger charge is 2.36. The standard InChI is InChI=1S/C24H22F3N3O3S/c1-33-20-14-17(29-10-3-2-4-11-29)9-8-15(20)12-19-21(31)28-23(34)30(22(19)32)18-7-5-6-16(13-18)24(25,26)27/h5-9,12-14H,2-4,10-11H2,1H3,(H,28,31,34)/b19-12+. The summed E-state index contributed by atoms with van der Waals surface area (Å²) in [5.41, 5.74) is 0.166. The summed E-state index contributed by atoms with van der Waals surface area (Å²) < 4.78 is 45.0. The summed E-state index contributed by atoms with van der Waals surface area (Å²) in [6, 6.07) is 9.69. The Labute approximate surface area is 200 Å². The molecule has 6 nitrogen and oxygen atoms in total. The number of carbonyl (C=O) groups excluding carboxylic acids is 2. The molecule has 0 spiro atoms. The maximum atomic E-state index is 13.2. The van der Waals surface area contributed by atoms with Crippen LogP contribution in [-0.4, -0.2) is 37.1 Å². The van der Waals surface area contributed by atoms with E-state index < -0.39 is 23.6 Å². The number of hydrogen-bond acceptors (Lipinski definition) is 5. The molecule has 178 valence electrons. The van der Waals surface area contributed by atoms with E-state index in [1.165, 1.54) is 31.7 Å². The quantitative estimate of drug-likeness (QED) is 0.388. The Hall–Kier alpha value is -3.40. The van der Waals surface area contributed by atoms with Crippen LogP contribution in [0, 0.1) is 0 Å². The Morgan fingerprint density at radius 2 is 1.76 bits per heavy atom. The number of nitrogens with one attached hydrogen (secondary N) is 1. The molecule has 2 aliphatic rings. The Morgan fingerprint density at radius 3 is 2.44 bits per heavy atom.